The summed E-state index contributed by atoms with van der Waals surface area (Å²) < 4.78 is 10.0. The van der Waals surface area contributed by atoms with E-state index in [1.165, 1.54) is 28.0 Å². The van der Waals surface area contributed by atoms with Crippen LogP contribution in [0.2, 0.25) is 5.02 Å². The van der Waals surface area contributed by atoms with Gasteiger partial charge in [0.2, 0.25) is 0 Å². The highest BCUT2D eigenvalue weighted by Crippen LogP contribution is 2.28. The standard InChI is InChI=1S/C18H21ClN4O7/c1-2-29-16(24)15-10-30-18(26)22(15)12-5-7-21(8-6-12)17(25)20-11-3-4-13(19)14(9-11)23(27)28/h3-4,9,12,15H,2,5-8,10H2,1H3,(H,20,25)/t15-/m0/s1. The Morgan fingerprint density at radius 1 is 1.37 bits per heavy atom. The molecule has 0 spiro atoms. The zero-order chi connectivity index (χ0) is 21.8. The fraction of sp³-hybridized carbons (Fsp3) is 0.500. The maximum atomic E-state index is 12.5. The molecule has 1 aromatic rings. The van der Waals surface area contributed by atoms with Crippen LogP contribution in [0.25, 0.3) is 0 Å². The van der Waals surface area contributed by atoms with Crippen LogP contribution in [-0.2, 0) is 14.3 Å². The molecule has 0 radical (unpaired) electrons. The van der Waals surface area contributed by atoms with E-state index in [4.69, 9.17) is 21.1 Å². The van der Waals surface area contributed by atoms with Crippen molar-refractivity contribution in [1.29, 1.82) is 0 Å². The Balaban J connectivity index is 1.59. The second kappa shape index (κ2) is 9.16. The number of nitro groups is 1. The number of halogens is 1. The van der Waals surface area contributed by atoms with Gasteiger partial charge >= 0.3 is 18.1 Å². The van der Waals surface area contributed by atoms with Gasteiger partial charge < -0.3 is 19.7 Å². The van der Waals surface area contributed by atoms with Gasteiger partial charge in [-0.2, -0.15) is 0 Å². The normalized spacial score (nSPS) is 19.4. The summed E-state index contributed by atoms with van der Waals surface area (Å²) >= 11 is 5.78. The molecule has 0 saturated carbocycles. The molecular formula is C18H21ClN4O7. The first kappa shape index (κ1) is 21.6. The summed E-state index contributed by atoms with van der Waals surface area (Å²) in [6.07, 6.45) is 0.350. The molecule has 0 aliphatic carbocycles. The molecule has 0 unspecified atom stereocenters. The zero-order valence-electron chi connectivity index (χ0n) is 16.2. The summed E-state index contributed by atoms with van der Waals surface area (Å²) in [5.74, 6) is -0.507. The molecule has 11 nitrogen and oxygen atoms in total. The summed E-state index contributed by atoms with van der Waals surface area (Å²) in [6.45, 7) is 2.52. The number of hydrogen-bond donors (Lipinski definition) is 1. The number of amides is 3. The van der Waals surface area contributed by atoms with Gasteiger partial charge in [0.05, 0.1) is 11.5 Å². The molecule has 2 fully saturated rings. The monoisotopic (exact) mass is 440 g/mol. The van der Waals surface area contributed by atoms with Crippen LogP contribution in [0.15, 0.2) is 18.2 Å². The van der Waals surface area contributed by atoms with Crippen molar-refractivity contribution in [3.05, 3.63) is 33.3 Å². The van der Waals surface area contributed by atoms with Crippen LogP contribution in [0.4, 0.5) is 21.0 Å². The number of nitrogens with zero attached hydrogens (tertiary/aromatic N) is 3. The van der Waals surface area contributed by atoms with Crippen LogP contribution in [-0.4, -0.2) is 71.2 Å². The largest absolute Gasteiger partial charge is 0.464 e. The molecule has 3 amide bonds. The number of benzene rings is 1. The second-order valence-corrected chi connectivity index (χ2v) is 7.23. The Morgan fingerprint density at radius 3 is 2.70 bits per heavy atom. The lowest BCUT2D eigenvalue weighted by atomic mass is 10.0. The third-order valence-corrected chi connectivity index (χ3v) is 5.33. The van der Waals surface area contributed by atoms with Gasteiger partial charge in [0.1, 0.15) is 11.6 Å². The number of urea groups is 1. The Morgan fingerprint density at radius 2 is 2.07 bits per heavy atom. The molecule has 3 rings (SSSR count). The highest BCUT2D eigenvalue weighted by atomic mass is 35.5. The van der Waals surface area contributed by atoms with E-state index in [1.54, 1.807) is 6.92 Å². The smallest absolute Gasteiger partial charge is 0.410 e. The SMILES string of the molecule is CCOC(=O)[C@@H]1COC(=O)N1C1CCN(C(=O)Nc2ccc(Cl)c([N+](=O)[O-])c2)CC1. The van der Waals surface area contributed by atoms with E-state index in [9.17, 15) is 24.5 Å². The molecule has 0 bridgehead atoms. The van der Waals surface area contributed by atoms with Crippen molar-refractivity contribution < 1.29 is 28.8 Å². The first-order chi connectivity index (χ1) is 14.3. The molecule has 30 heavy (non-hydrogen) atoms. The molecule has 2 aliphatic rings. The summed E-state index contributed by atoms with van der Waals surface area (Å²) in [5, 5.41) is 13.6. The summed E-state index contributed by atoms with van der Waals surface area (Å²) in [7, 11) is 0. The Hall–Kier alpha value is -3.08. The number of piperidine rings is 1. The van der Waals surface area contributed by atoms with Crippen molar-refractivity contribution in [2.75, 3.05) is 31.6 Å². The highest BCUT2D eigenvalue weighted by molar-refractivity contribution is 6.32. The van der Waals surface area contributed by atoms with Gasteiger partial charge in [-0.15, -0.1) is 0 Å². The van der Waals surface area contributed by atoms with Crippen LogP contribution in [0.1, 0.15) is 19.8 Å². The molecule has 2 aliphatic heterocycles. The van der Waals surface area contributed by atoms with E-state index in [1.807, 2.05) is 0 Å². The van der Waals surface area contributed by atoms with Crippen LogP contribution in [0, 0.1) is 10.1 Å². The number of cyclic esters (lactones) is 1. The Bertz CT molecular complexity index is 857. The average molecular weight is 441 g/mol. The van der Waals surface area contributed by atoms with Gasteiger partial charge in [-0.3, -0.25) is 15.0 Å². The molecule has 2 saturated heterocycles. The number of likely N-dealkylation sites (tertiary alicyclic amines) is 1. The second-order valence-electron chi connectivity index (χ2n) is 6.82. The predicted molar refractivity (Wildman–Crippen MR) is 105 cm³/mol. The van der Waals surface area contributed by atoms with Crippen molar-refractivity contribution in [1.82, 2.24) is 9.80 Å². The van der Waals surface area contributed by atoms with E-state index in [0.717, 1.165) is 0 Å². The highest BCUT2D eigenvalue weighted by Gasteiger charge is 2.44. The fourth-order valence-electron chi connectivity index (χ4n) is 3.54. The van der Waals surface area contributed by atoms with E-state index in [2.05, 4.69) is 5.32 Å². The lowest BCUT2D eigenvalue weighted by Crippen LogP contribution is -2.52. The minimum Gasteiger partial charge on any atom is -0.464 e. The number of nitro benzene ring substituents is 1. The minimum absolute atomic E-state index is 0.0209. The number of carbonyl (C=O) groups is 3. The quantitative estimate of drug-likeness (QED) is 0.423. The maximum Gasteiger partial charge on any atom is 0.410 e. The number of rotatable bonds is 5. The zero-order valence-corrected chi connectivity index (χ0v) is 17.0. The molecule has 1 N–H and O–H groups in total. The molecule has 162 valence electrons. The van der Waals surface area contributed by atoms with Gasteiger partial charge in [-0.1, -0.05) is 11.6 Å². The molecule has 1 aromatic carbocycles. The molecular weight excluding hydrogens is 420 g/mol. The minimum atomic E-state index is -0.780. The van der Waals surface area contributed by atoms with Gasteiger partial charge in [0, 0.05) is 30.9 Å². The van der Waals surface area contributed by atoms with Gasteiger partial charge in [0.15, 0.2) is 6.04 Å². The number of esters is 1. The van der Waals surface area contributed by atoms with Crippen molar-refractivity contribution in [3.63, 3.8) is 0 Å². The first-order valence-corrected chi connectivity index (χ1v) is 9.81. The van der Waals surface area contributed by atoms with Crippen molar-refractivity contribution in [2.24, 2.45) is 0 Å². The van der Waals surface area contributed by atoms with E-state index in [0.29, 0.717) is 25.9 Å². The number of ether oxygens (including phenoxy) is 2. The third kappa shape index (κ3) is 4.56. The molecule has 12 heteroatoms. The van der Waals surface area contributed by atoms with Crippen molar-refractivity contribution in [2.45, 2.75) is 31.8 Å². The van der Waals surface area contributed by atoms with Gasteiger partial charge in [0.25, 0.3) is 5.69 Å². The summed E-state index contributed by atoms with van der Waals surface area (Å²) in [6, 6.07) is 2.56. The summed E-state index contributed by atoms with van der Waals surface area (Å²) in [4.78, 5) is 50.0. The number of hydrogen-bond acceptors (Lipinski definition) is 7. The number of anilines is 1. The van der Waals surface area contributed by atoms with Crippen LogP contribution < -0.4 is 5.32 Å². The molecule has 1 atom stereocenters. The Labute approximate surface area is 177 Å². The van der Waals surface area contributed by atoms with Crippen molar-refractivity contribution >= 4 is 41.1 Å². The van der Waals surface area contributed by atoms with Crippen LogP contribution >= 0.6 is 11.6 Å². The third-order valence-electron chi connectivity index (χ3n) is 5.01. The lowest BCUT2D eigenvalue weighted by molar-refractivity contribution is -0.384. The topological polar surface area (TPSA) is 131 Å². The maximum absolute atomic E-state index is 12.5. The van der Waals surface area contributed by atoms with Gasteiger partial charge in [-0.25, -0.2) is 14.4 Å². The number of carbonyl (C=O) groups excluding carboxylic acids is 3. The predicted octanol–water partition coefficient (Wildman–Crippen LogP) is 2.63. The average Bonchev–Trinajstić information content (AvgIpc) is 3.11. The van der Waals surface area contributed by atoms with E-state index in [-0.39, 0.29) is 35.7 Å². The molecule has 0 aromatic heterocycles. The Kier molecular flexibility index (Phi) is 6.60. The van der Waals surface area contributed by atoms with E-state index >= 15 is 0 Å². The van der Waals surface area contributed by atoms with Crippen molar-refractivity contribution in [3.8, 4) is 0 Å². The van der Waals surface area contributed by atoms with Gasteiger partial charge in [-0.05, 0) is 31.9 Å². The van der Waals surface area contributed by atoms with Crippen LogP contribution in [0.3, 0.4) is 0 Å². The lowest BCUT2D eigenvalue weighted by Gasteiger charge is -2.37. The summed E-state index contributed by atoms with van der Waals surface area (Å²) in [5.41, 5.74) is -0.0468. The van der Waals surface area contributed by atoms with Crippen LogP contribution in [0.5, 0.6) is 0 Å². The fourth-order valence-corrected chi connectivity index (χ4v) is 3.72. The number of nitrogens with one attached hydrogen (secondary N) is 1. The molecule has 2 heterocycles. The van der Waals surface area contributed by atoms with E-state index < -0.39 is 29.1 Å². The first-order valence-electron chi connectivity index (χ1n) is 9.43.